The summed E-state index contributed by atoms with van der Waals surface area (Å²) in [7, 11) is 0. The number of carbonyl (C=O) groups is 1. The molecule has 1 amide bonds. The van der Waals surface area contributed by atoms with Crippen LogP contribution in [0.15, 0.2) is 21.4 Å². The van der Waals surface area contributed by atoms with Crippen LogP contribution in [0.4, 0.5) is 0 Å². The van der Waals surface area contributed by atoms with E-state index in [2.05, 4.69) is 26.2 Å². The number of aromatic nitrogens is 1. The van der Waals surface area contributed by atoms with Crippen LogP contribution in [0.2, 0.25) is 0 Å². The van der Waals surface area contributed by atoms with Crippen molar-refractivity contribution in [3.63, 3.8) is 0 Å². The highest BCUT2D eigenvalue weighted by atomic mass is 79.9. The Morgan fingerprint density at radius 2 is 2.41 bits per heavy atom. The second-order valence-corrected chi connectivity index (χ2v) is 6.85. The van der Waals surface area contributed by atoms with Crippen LogP contribution in [0.5, 0.6) is 0 Å². The highest BCUT2D eigenvalue weighted by molar-refractivity contribution is 9.11. The zero-order chi connectivity index (χ0) is 12.3. The van der Waals surface area contributed by atoms with Crippen molar-refractivity contribution >= 4 is 44.5 Å². The summed E-state index contributed by atoms with van der Waals surface area (Å²) in [6.07, 6.45) is 2.57. The van der Waals surface area contributed by atoms with Crippen LogP contribution >= 0.6 is 38.6 Å². The second kappa shape index (κ2) is 5.75. The molecule has 0 aromatic carbocycles. The molecule has 0 saturated carbocycles. The van der Waals surface area contributed by atoms with Crippen LogP contribution in [-0.2, 0) is 6.42 Å². The van der Waals surface area contributed by atoms with Gasteiger partial charge in [0.05, 0.1) is 13.7 Å². The fourth-order valence-corrected chi connectivity index (χ4v) is 3.39. The van der Waals surface area contributed by atoms with E-state index in [9.17, 15) is 4.79 Å². The first kappa shape index (κ1) is 12.7. The van der Waals surface area contributed by atoms with Gasteiger partial charge in [-0.2, -0.15) is 0 Å². The molecule has 90 valence electrons. The molecule has 0 radical (unpaired) electrons. The fourth-order valence-electron chi connectivity index (χ4n) is 1.32. The third-order valence-electron chi connectivity index (χ3n) is 2.19. The molecule has 2 heterocycles. The minimum absolute atomic E-state index is 0.0136. The van der Waals surface area contributed by atoms with Crippen LogP contribution in [0.25, 0.3) is 0 Å². The SMILES string of the molecule is Cc1cc(C(=O)NCCc2nccs2)sc1Br. The molecule has 0 aliphatic rings. The molecule has 1 N–H and O–H groups in total. The molecule has 0 spiro atoms. The molecule has 0 aliphatic carbocycles. The molecule has 6 heteroatoms. The quantitative estimate of drug-likeness (QED) is 0.934. The van der Waals surface area contributed by atoms with Crippen molar-refractivity contribution in [2.45, 2.75) is 13.3 Å². The van der Waals surface area contributed by atoms with Gasteiger partial charge >= 0.3 is 0 Å². The van der Waals surface area contributed by atoms with Crippen molar-refractivity contribution in [1.29, 1.82) is 0 Å². The Bertz CT molecular complexity index is 488. The zero-order valence-electron chi connectivity index (χ0n) is 9.20. The lowest BCUT2D eigenvalue weighted by Crippen LogP contribution is -2.24. The third kappa shape index (κ3) is 3.37. The molecule has 0 saturated heterocycles. The van der Waals surface area contributed by atoms with Gasteiger partial charge in [-0.15, -0.1) is 22.7 Å². The maximum Gasteiger partial charge on any atom is 0.261 e. The summed E-state index contributed by atoms with van der Waals surface area (Å²) in [6, 6.07) is 1.90. The summed E-state index contributed by atoms with van der Waals surface area (Å²) in [5, 5.41) is 5.89. The smallest absolute Gasteiger partial charge is 0.261 e. The van der Waals surface area contributed by atoms with Crippen LogP contribution in [0.3, 0.4) is 0 Å². The van der Waals surface area contributed by atoms with Crippen molar-refractivity contribution in [3.05, 3.63) is 36.9 Å². The lowest BCUT2D eigenvalue weighted by Gasteiger charge is -2.00. The highest BCUT2D eigenvalue weighted by Gasteiger charge is 2.10. The van der Waals surface area contributed by atoms with E-state index in [0.29, 0.717) is 6.54 Å². The molecule has 2 aromatic rings. The van der Waals surface area contributed by atoms with E-state index < -0.39 is 0 Å². The number of amides is 1. The molecular formula is C11H11BrN2OS2. The van der Waals surface area contributed by atoms with Crippen LogP contribution in [0.1, 0.15) is 20.2 Å². The average molecular weight is 331 g/mol. The predicted octanol–water partition coefficient (Wildman–Crippen LogP) is 3.25. The van der Waals surface area contributed by atoms with Crippen molar-refractivity contribution in [2.24, 2.45) is 0 Å². The number of rotatable bonds is 4. The number of thiazole rings is 1. The monoisotopic (exact) mass is 330 g/mol. The molecule has 0 fully saturated rings. The first-order chi connectivity index (χ1) is 8.16. The molecular weight excluding hydrogens is 320 g/mol. The highest BCUT2D eigenvalue weighted by Crippen LogP contribution is 2.27. The summed E-state index contributed by atoms with van der Waals surface area (Å²) in [4.78, 5) is 16.7. The lowest BCUT2D eigenvalue weighted by molar-refractivity contribution is 0.0958. The van der Waals surface area contributed by atoms with Crippen molar-refractivity contribution < 1.29 is 4.79 Å². The number of hydrogen-bond acceptors (Lipinski definition) is 4. The Labute approximate surface area is 116 Å². The van der Waals surface area contributed by atoms with Gasteiger partial charge in [-0.3, -0.25) is 4.79 Å². The third-order valence-corrected chi connectivity index (χ3v) is 5.16. The van der Waals surface area contributed by atoms with E-state index in [4.69, 9.17) is 0 Å². The topological polar surface area (TPSA) is 42.0 Å². The number of aryl methyl sites for hydroxylation is 1. The van der Waals surface area contributed by atoms with E-state index in [1.165, 1.54) is 11.3 Å². The summed E-state index contributed by atoms with van der Waals surface area (Å²) in [5.41, 5.74) is 1.10. The van der Waals surface area contributed by atoms with E-state index in [-0.39, 0.29) is 5.91 Å². The van der Waals surface area contributed by atoms with Gasteiger partial charge in [-0.1, -0.05) is 0 Å². The molecule has 0 bridgehead atoms. The van der Waals surface area contributed by atoms with Gasteiger partial charge < -0.3 is 5.32 Å². The number of halogens is 1. The Balaban J connectivity index is 1.85. The average Bonchev–Trinajstić information content (AvgIpc) is 2.90. The number of thiophene rings is 1. The molecule has 0 atom stereocenters. The number of carbonyl (C=O) groups excluding carboxylic acids is 1. The van der Waals surface area contributed by atoms with Gasteiger partial charge in [0.25, 0.3) is 5.91 Å². The Morgan fingerprint density at radius 1 is 1.59 bits per heavy atom. The minimum atomic E-state index is -0.0136. The maximum absolute atomic E-state index is 11.8. The number of nitrogens with zero attached hydrogens (tertiary/aromatic N) is 1. The van der Waals surface area contributed by atoms with Gasteiger partial charge in [-0.25, -0.2) is 4.98 Å². The predicted molar refractivity (Wildman–Crippen MR) is 74.9 cm³/mol. The van der Waals surface area contributed by atoms with E-state index in [0.717, 1.165) is 25.7 Å². The van der Waals surface area contributed by atoms with Gasteiger partial charge in [0, 0.05) is 24.5 Å². The first-order valence-corrected chi connectivity index (χ1v) is 7.58. The van der Waals surface area contributed by atoms with Gasteiger partial charge in [0.15, 0.2) is 0 Å². The van der Waals surface area contributed by atoms with Crippen molar-refractivity contribution in [2.75, 3.05) is 6.54 Å². The van der Waals surface area contributed by atoms with E-state index >= 15 is 0 Å². The Hall–Kier alpha value is -0.720. The normalized spacial score (nSPS) is 10.5. The summed E-state index contributed by atoms with van der Waals surface area (Å²) in [6.45, 7) is 2.61. The van der Waals surface area contributed by atoms with Crippen molar-refractivity contribution in [1.82, 2.24) is 10.3 Å². The van der Waals surface area contributed by atoms with Crippen molar-refractivity contribution in [3.8, 4) is 0 Å². The maximum atomic E-state index is 11.8. The van der Waals surface area contributed by atoms with Gasteiger partial charge in [0.1, 0.15) is 0 Å². The zero-order valence-corrected chi connectivity index (χ0v) is 12.4. The lowest BCUT2D eigenvalue weighted by atomic mass is 10.3. The van der Waals surface area contributed by atoms with Crippen LogP contribution in [-0.4, -0.2) is 17.4 Å². The van der Waals surface area contributed by atoms with Gasteiger partial charge in [-0.05, 0) is 34.5 Å². The fraction of sp³-hybridized carbons (Fsp3) is 0.273. The summed E-state index contributed by atoms with van der Waals surface area (Å²) >= 11 is 6.49. The van der Waals surface area contributed by atoms with Gasteiger partial charge in [0.2, 0.25) is 0 Å². The molecule has 0 aliphatic heterocycles. The minimum Gasteiger partial charge on any atom is -0.351 e. The summed E-state index contributed by atoms with van der Waals surface area (Å²) < 4.78 is 1.02. The number of nitrogens with one attached hydrogen (secondary N) is 1. The molecule has 17 heavy (non-hydrogen) atoms. The largest absolute Gasteiger partial charge is 0.351 e. The molecule has 0 unspecified atom stereocenters. The summed E-state index contributed by atoms with van der Waals surface area (Å²) in [5.74, 6) is -0.0136. The Kier molecular flexibility index (Phi) is 4.31. The molecule has 2 aromatic heterocycles. The van der Waals surface area contributed by atoms with Crippen LogP contribution < -0.4 is 5.32 Å². The standard InChI is InChI=1S/C11H11BrN2OS2/c1-7-6-8(17-10(7)12)11(15)14-3-2-9-13-4-5-16-9/h4-6H,2-3H2,1H3,(H,14,15). The number of hydrogen-bond donors (Lipinski definition) is 1. The van der Waals surface area contributed by atoms with E-state index in [1.807, 2.05) is 18.4 Å². The molecule has 3 nitrogen and oxygen atoms in total. The Morgan fingerprint density at radius 3 is 3.00 bits per heavy atom. The second-order valence-electron chi connectivity index (χ2n) is 3.50. The first-order valence-electron chi connectivity index (χ1n) is 5.09. The van der Waals surface area contributed by atoms with E-state index in [1.54, 1.807) is 17.5 Å². The van der Waals surface area contributed by atoms with Crippen LogP contribution in [0, 0.1) is 6.92 Å². The molecule has 2 rings (SSSR count).